The van der Waals surface area contributed by atoms with Crippen molar-refractivity contribution in [3.8, 4) is 5.75 Å². The Bertz CT molecular complexity index is 784. The van der Waals surface area contributed by atoms with E-state index in [4.69, 9.17) is 4.74 Å². The van der Waals surface area contributed by atoms with Crippen LogP contribution in [0.5, 0.6) is 5.75 Å². The van der Waals surface area contributed by atoms with Gasteiger partial charge in [-0.3, -0.25) is 4.90 Å². The molecule has 1 fully saturated rings. The first kappa shape index (κ1) is 20.2. The third-order valence-corrected chi connectivity index (χ3v) is 5.41. The van der Waals surface area contributed by atoms with E-state index in [0.717, 1.165) is 44.0 Å². The first-order valence-corrected chi connectivity index (χ1v) is 10.0. The van der Waals surface area contributed by atoms with Gasteiger partial charge in [0, 0.05) is 32.7 Å². The molecule has 5 heteroatoms. The Labute approximate surface area is 168 Å². The van der Waals surface area contributed by atoms with Crippen molar-refractivity contribution in [2.45, 2.75) is 27.3 Å². The summed E-state index contributed by atoms with van der Waals surface area (Å²) >= 11 is 0. The molecule has 1 N–H and O–H groups in total. The van der Waals surface area contributed by atoms with Crippen LogP contribution in [-0.2, 0) is 6.54 Å². The summed E-state index contributed by atoms with van der Waals surface area (Å²) in [6.45, 7) is 11.5. The number of nitrogens with one attached hydrogen (secondary N) is 1. The molecule has 0 aromatic heterocycles. The second kappa shape index (κ2) is 9.60. The molecule has 0 radical (unpaired) electrons. The van der Waals surface area contributed by atoms with E-state index in [-0.39, 0.29) is 6.03 Å². The van der Waals surface area contributed by atoms with E-state index in [9.17, 15) is 4.79 Å². The van der Waals surface area contributed by atoms with Gasteiger partial charge in [0.05, 0.1) is 6.54 Å². The van der Waals surface area contributed by atoms with Gasteiger partial charge in [-0.25, -0.2) is 4.79 Å². The molecule has 0 atom stereocenters. The van der Waals surface area contributed by atoms with E-state index >= 15 is 0 Å². The van der Waals surface area contributed by atoms with Crippen molar-refractivity contribution >= 4 is 6.03 Å². The Morgan fingerprint density at radius 2 is 1.64 bits per heavy atom. The summed E-state index contributed by atoms with van der Waals surface area (Å²) in [6, 6.07) is 14.7. The standard InChI is InChI=1S/C23H31N3O2/c1-18-9-10-19(2)22(20(18)3)28-16-11-24-23(27)26-14-12-25(13-15-26)17-21-7-5-4-6-8-21/h4-10H,11-17H2,1-3H3,(H,24,27). The minimum absolute atomic E-state index is 0.000599. The molecule has 1 heterocycles. The van der Waals surface area contributed by atoms with Crippen LogP contribution in [0.1, 0.15) is 22.3 Å². The average molecular weight is 382 g/mol. The van der Waals surface area contributed by atoms with Crippen LogP contribution in [0.25, 0.3) is 0 Å². The van der Waals surface area contributed by atoms with E-state index in [0.29, 0.717) is 13.2 Å². The van der Waals surface area contributed by atoms with Gasteiger partial charge in [0.1, 0.15) is 12.4 Å². The van der Waals surface area contributed by atoms with Crippen LogP contribution >= 0.6 is 0 Å². The number of carbonyl (C=O) groups is 1. The van der Waals surface area contributed by atoms with Gasteiger partial charge in [0.25, 0.3) is 0 Å². The van der Waals surface area contributed by atoms with Crippen LogP contribution in [0.2, 0.25) is 0 Å². The molecule has 0 bridgehead atoms. The van der Waals surface area contributed by atoms with Crippen molar-refractivity contribution in [1.82, 2.24) is 15.1 Å². The Hall–Kier alpha value is -2.53. The predicted octanol–water partition coefficient (Wildman–Crippen LogP) is 3.52. The van der Waals surface area contributed by atoms with E-state index in [1.165, 1.54) is 16.7 Å². The number of ether oxygens (including phenoxy) is 1. The largest absolute Gasteiger partial charge is 0.491 e. The van der Waals surface area contributed by atoms with Crippen LogP contribution in [-0.4, -0.2) is 55.2 Å². The summed E-state index contributed by atoms with van der Waals surface area (Å²) in [5.41, 5.74) is 4.84. The number of urea groups is 1. The summed E-state index contributed by atoms with van der Waals surface area (Å²) in [5.74, 6) is 0.934. The minimum Gasteiger partial charge on any atom is -0.491 e. The molecule has 2 aromatic rings. The zero-order valence-corrected chi connectivity index (χ0v) is 17.2. The average Bonchev–Trinajstić information content (AvgIpc) is 2.71. The number of amides is 2. The molecular formula is C23H31N3O2. The van der Waals surface area contributed by atoms with Crippen molar-refractivity contribution < 1.29 is 9.53 Å². The monoisotopic (exact) mass is 381 g/mol. The molecule has 2 amide bonds. The van der Waals surface area contributed by atoms with Crippen LogP contribution < -0.4 is 10.1 Å². The molecule has 1 saturated heterocycles. The number of aryl methyl sites for hydroxylation is 2. The molecule has 1 aliphatic rings. The fourth-order valence-corrected chi connectivity index (χ4v) is 3.52. The highest BCUT2D eigenvalue weighted by molar-refractivity contribution is 5.74. The molecular weight excluding hydrogens is 350 g/mol. The van der Waals surface area contributed by atoms with Crippen molar-refractivity contribution in [2.75, 3.05) is 39.3 Å². The summed E-state index contributed by atoms with van der Waals surface area (Å²) < 4.78 is 5.93. The highest BCUT2D eigenvalue weighted by Gasteiger charge is 2.20. The zero-order chi connectivity index (χ0) is 19.9. The Kier molecular flexibility index (Phi) is 6.93. The Balaban J connectivity index is 1.38. The molecule has 0 spiro atoms. The van der Waals surface area contributed by atoms with E-state index < -0.39 is 0 Å². The van der Waals surface area contributed by atoms with Gasteiger partial charge in [-0.1, -0.05) is 42.5 Å². The second-order valence-electron chi connectivity index (χ2n) is 7.48. The molecule has 2 aromatic carbocycles. The number of hydrogen-bond donors (Lipinski definition) is 1. The van der Waals surface area contributed by atoms with Gasteiger partial charge in [-0.15, -0.1) is 0 Å². The van der Waals surface area contributed by atoms with Crippen molar-refractivity contribution in [3.63, 3.8) is 0 Å². The topological polar surface area (TPSA) is 44.8 Å². The Morgan fingerprint density at radius 1 is 0.964 bits per heavy atom. The first-order chi connectivity index (χ1) is 13.5. The van der Waals surface area contributed by atoms with Crippen molar-refractivity contribution in [2.24, 2.45) is 0 Å². The maximum absolute atomic E-state index is 12.4. The third-order valence-electron chi connectivity index (χ3n) is 5.41. The van der Waals surface area contributed by atoms with Crippen LogP contribution in [0, 0.1) is 20.8 Å². The lowest BCUT2D eigenvalue weighted by atomic mass is 10.1. The van der Waals surface area contributed by atoms with Crippen molar-refractivity contribution in [1.29, 1.82) is 0 Å². The van der Waals surface area contributed by atoms with Crippen molar-refractivity contribution in [3.05, 3.63) is 64.7 Å². The minimum atomic E-state index is 0.000599. The predicted molar refractivity (Wildman–Crippen MR) is 113 cm³/mol. The maximum Gasteiger partial charge on any atom is 0.317 e. The number of hydrogen-bond acceptors (Lipinski definition) is 3. The van der Waals surface area contributed by atoms with E-state index in [1.54, 1.807) is 0 Å². The van der Waals surface area contributed by atoms with Gasteiger partial charge in [0.2, 0.25) is 0 Å². The lowest BCUT2D eigenvalue weighted by molar-refractivity contribution is 0.134. The lowest BCUT2D eigenvalue weighted by Gasteiger charge is -2.34. The number of benzene rings is 2. The van der Waals surface area contributed by atoms with E-state index in [2.05, 4.69) is 67.4 Å². The third kappa shape index (κ3) is 5.26. The normalized spacial score (nSPS) is 14.8. The quantitative estimate of drug-likeness (QED) is 0.779. The molecule has 28 heavy (non-hydrogen) atoms. The van der Waals surface area contributed by atoms with Gasteiger partial charge in [0.15, 0.2) is 0 Å². The molecule has 0 saturated carbocycles. The van der Waals surface area contributed by atoms with Crippen LogP contribution in [0.3, 0.4) is 0 Å². The molecule has 0 aliphatic carbocycles. The summed E-state index contributed by atoms with van der Waals surface area (Å²) in [4.78, 5) is 16.7. The first-order valence-electron chi connectivity index (χ1n) is 10.0. The Morgan fingerprint density at radius 3 is 2.36 bits per heavy atom. The maximum atomic E-state index is 12.4. The molecule has 0 unspecified atom stereocenters. The summed E-state index contributed by atoms with van der Waals surface area (Å²) in [6.07, 6.45) is 0. The molecule has 150 valence electrons. The molecule has 3 rings (SSSR count). The lowest BCUT2D eigenvalue weighted by Crippen LogP contribution is -2.51. The smallest absolute Gasteiger partial charge is 0.317 e. The second-order valence-corrected chi connectivity index (χ2v) is 7.48. The van der Waals surface area contributed by atoms with Crippen LogP contribution in [0.4, 0.5) is 4.79 Å². The fourth-order valence-electron chi connectivity index (χ4n) is 3.52. The van der Waals surface area contributed by atoms with Gasteiger partial charge in [-0.2, -0.15) is 0 Å². The zero-order valence-electron chi connectivity index (χ0n) is 17.2. The van der Waals surface area contributed by atoms with Gasteiger partial charge in [-0.05, 0) is 43.0 Å². The van der Waals surface area contributed by atoms with Gasteiger partial charge < -0.3 is 15.0 Å². The fraction of sp³-hybridized carbons (Fsp3) is 0.435. The number of rotatable bonds is 6. The summed E-state index contributed by atoms with van der Waals surface area (Å²) in [5, 5.41) is 2.98. The van der Waals surface area contributed by atoms with E-state index in [1.807, 2.05) is 11.0 Å². The van der Waals surface area contributed by atoms with Gasteiger partial charge >= 0.3 is 6.03 Å². The number of nitrogens with zero attached hydrogens (tertiary/aromatic N) is 2. The highest BCUT2D eigenvalue weighted by Crippen LogP contribution is 2.25. The molecule has 1 aliphatic heterocycles. The summed E-state index contributed by atoms with van der Waals surface area (Å²) in [7, 11) is 0. The van der Waals surface area contributed by atoms with Crippen LogP contribution in [0.15, 0.2) is 42.5 Å². The SMILES string of the molecule is Cc1ccc(C)c(OCCNC(=O)N2CCN(Cc3ccccc3)CC2)c1C. The number of piperazine rings is 1. The molecule has 5 nitrogen and oxygen atoms in total. The number of carbonyl (C=O) groups excluding carboxylic acids is 1. The highest BCUT2D eigenvalue weighted by atomic mass is 16.5.